The summed E-state index contributed by atoms with van der Waals surface area (Å²) in [4.78, 5) is 0. The highest BCUT2D eigenvalue weighted by Gasteiger charge is 2.13. The SMILES string of the molecule is CC(C)(C)c1ccc(Oc2ccc(C#N)c(Br)c2)cc1. The van der Waals surface area contributed by atoms with Crippen molar-refractivity contribution in [3.63, 3.8) is 0 Å². The Hall–Kier alpha value is -1.79. The standard InChI is InChI=1S/C17H16BrNO/c1-17(2,3)13-5-8-14(9-6-13)20-15-7-4-12(11-19)16(18)10-15/h4-10H,1-3H3. The quantitative estimate of drug-likeness (QED) is 0.737. The second kappa shape index (κ2) is 5.68. The van der Waals surface area contributed by atoms with Crippen molar-refractivity contribution in [2.75, 3.05) is 0 Å². The first-order chi connectivity index (χ1) is 9.40. The van der Waals surface area contributed by atoms with E-state index in [0.717, 1.165) is 10.2 Å². The highest BCUT2D eigenvalue weighted by atomic mass is 79.9. The fourth-order valence-corrected chi connectivity index (χ4v) is 2.26. The molecule has 0 radical (unpaired) electrons. The molecule has 2 aromatic carbocycles. The van der Waals surface area contributed by atoms with E-state index >= 15 is 0 Å². The van der Waals surface area contributed by atoms with Crippen LogP contribution in [-0.4, -0.2) is 0 Å². The molecule has 0 spiro atoms. The van der Waals surface area contributed by atoms with Gasteiger partial charge in [-0.05, 0) is 57.2 Å². The first-order valence-electron chi connectivity index (χ1n) is 6.38. The number of rotatable bonds is 2. The molecule has 0 saturated heterocycles. The first-order valence-corrected chi connectivity index (χ1v) is 7.17. The van der Waals surface area contributed by atoms with Crippen LogP contribution in [0.3, 0.4) is 0 Å². The summed E-state index contributed by atoms with van der Waals surface area (Å²) in [6.07, 6.45) is 0. The minimum absolute atomic E-state index is 0.135. The fraction of sp³-hybridized carbons (Fsp3) is 0.235. The molecule has 3 heteroatoms. The second-order valence-corrected chi connectivity index (χ2v) is 6.48. The molecule has 2 rings (SSSR count). The lowest BCUT2D eigenvalue weighted by atomic mass is 9.87. The Morgan fingerprint density at radius 2 is 1.60 bits per heavy atom. The third-order valence-electron chi connectivity index (χ3n) is 3.02. The zero-order chi connectivity index (χ0) is 14.8. The summed E-state index contributed by atoms with van der Waals surface area (Å²) in [5.41, 5.74) is 2.00. The van der Waals surface area contributed by atoms with Crippen LogP contribution in [0.25, 0.3) is 0 Å². The van der Waals surface area contributed by atoms with Crippen molar-refractivity contribution >= 4 is 15.9 Å². The predicted octanol–water partition coefficient (Wildman–Crippen LogP) is 5.41. The van der Waals surface area contributed by atoms with Gasteiger partial charge in [0.15, 0.2) is 0 Å². The van der Waals surface area contributed by atoms with Crippen LogP contribution in [0, 0.1) is 11.3 Å². The molecule has 0 fully saturated rings. The Morgan fingerprint density at radius 3 is 2.10 bits per heavy atom. The van der Waals surface area contributed by atoms with E-state index in [-0.39, 0.29) is 5.41 Å². The molecule has 2 aromatic rings. The highest BCUT2D eigenvalue weighted by Crippen LogP contribution is 2.29. The van der Waals surface area contributed by atoms with Crippen molar-refractivity contribution in [2.45, 2.75) is 26.2 Å². The van der Waals surface area contributed by atoms with Crippen LogP contribution >= 0.6 is 15.9 Å². The minimum Gasteiger partial charge on any atom is -0.457 e. The molecule has 0 bridgehead atoms. The Bertz CT molecular complexity index is 648. The van der Waals surface area contributed by atoms with Gasteiger partial charge < -0.3 is 4.74 Å². The zero-order valence-electron chi connectivity index (χ0n) is 11.8. The maximum atomic E-state index is 8.88. The van der Waals surface area contributed by atoms with Crippen LogP contribution < -0.4 is 4.74 Å². The van der Waals surface area contributed by atoms with Gasteiger partial charge >= 0.3 is 0 Å². The van der Waals surface area contributed by atoms with E-state index in [1.165, 1.54) is 5.56 Å². The van der Waals surface area contributed by atoms with Crippen LogP contribution in [0.4, 0.5) is 0 Å². The van der Waals surface area contributed by atoms with Gasteiger partial charge in [-0.2, -0.15) is 5.26 Å². The van der Waals surface area contributed by atoms with Gasteiger partial charge in [0.1, 0.15) is 17.6 Å². The first kappa shape index (κ1) is 14.6. The zero-order valence-corrected chi connectivity index (χ0v) is 13.4. The van der Waals surface area contributed by atoms with Gasteiger partial charge in [0.2, 0.25) is 0 Å². The van der Waals surface area contributed by atoms with E-state index in [1.54, 1.807) is 18.2 Å². The number of halogens is 1. The Balaban J connectivity index is 2.19. The highest BCUT2D eigenvalue weighted by molar-refractivity contribution is 9.10. The third-order valence-corrected chi connectivity index (χ3v) is 3.67. The molecule has 0 aromatic heterocycles. The van der Waals surface area contributed by atoms with Crippen molar-refractivity contribution in [2.24, 2.45) is 0 Å². The van der Waals surface area contributed by atoms with Gasteiger partial charge in [-0.15, -0.1) is 0 Å². The maximum absolute atomic E-state index is 8.88. The molecule has 0 aliphatic heterocycles. The summed E-state index contributed by atoms with van der Waals surface area (Å²) < 4.78 is 6.53. The molecule has 0 aliphatic carbocycles. The van der Waals surface area contributed by atoms with Gasteiger partial charge in [-0.1, -0.05) is 32.9 Å². The van der Waals surface area contributed by atoms with Gasteiger partial charge in [0, 0.05) is 4.47 Å². The Morgan fingerprint density at radius 1 is 1.00 bits per heavy atom. The Labute approximate surface area is 128 Å². The van der Waals surface area contributed by atoms with Crippen molar-refractivity contribution in [3.05, 3.63) is 58.1 Å². The molecule has 20 heavy (non-hydrogen) atoms. The summed E-state index contributed by atoms with van der Waals surface area (Å²) in [5, 5.41) is 8.88. The third kappa shape index (κ3) is 3.40. The second-order valence-electron chi connectivity index (χ2n) is 5.63. The van der Waals surface area contributed by atoms with E-state index in [0.29, 0.717) is 11.3 Å². The van der Waals surface area contributed by atoms with Crippen molar-refractivity contribution in [3.8, 4) is 17.6 Å². The van der Waals surface area contributed by atoms with Crippen molar-refractivity contribution in [1.29, 1.82) is 5.26 Å². The number of hydrogen-bond donors (Lipinski definition) is 0. The summed E-state index contributed by atoms with van der Waals surface area (Å²) >= 11 is 3.36. The van der Waals surface area contributed by atoms with Gasteiger partial charge in [-0.25, -0.2) is 0 Å². The van der Waals surface area contributed by atoms with E-state index < -0.39 is 0 Å². The summed E-state index contributed by atoms with van der Waals surface area (Å²) in [7, 11) is 0. The van der Waals surface area contributed by atoms with Crippen molar-refractivity contribution < 1.29 is 4.74 Å². The van der Waals surface area contributed by atoms with Gasteiger partial charge in [-0.3, -0.25) is 0 Å². The maximum Gasteiger partial charge on any atom is 0.128 e. The van der Waals surface area contributed by atoms with E-state index in [2.05, 4.69) is 54.9 Å². The van der Waals surface area contributed by atoms with Gasteiger partial charge in [0.05, 0.1) is 5.56 Å². The monoisotopic (exact) mass is 329 g/mol. The number of ether oxygens (including phenoxy) is 1. The predicted molar refractivity (Wildman–Crippen MR) is 84.1 cm³/mol. The minimum atomic E-state index is 0.135. The van der Waals surface area contributed by atoms with E-state index in [1.807, 2.05) is 12.1 Å². The molecule has 0 unspecified atom stereocenters. The lowest BCUT2D eigenvalue weighted by molar-refractivity contribution is 0.481. The molecule has 2 nitrogen and oxygen atoms in total. The topological polar surface area (TPSA) is 33.0 Å². The average molecular weight is 330 g/mol. The molecule has 0 heterocycles. The van der Waals surface area contributed by atoms with Crippen LogP contribution in [-0.2, 0) is 5.41 Å². The number of hydrogen-bond acceptors (Lipinski definition) is 2. The molecular weight excluding hydrogens is 314 g/mol. The Kier molecular flexibility index (Phi) is 4.15. The van der Waals surface area contributed by atoms with E-state index in [9.17, 15) is 0 Å². The lowest BCUT2D eigenvalue weighted by Gasteiger charge is -2.19. The molecule has 0 atom stereocenters. The smallest absolute Gasteiger partial charge is 0.128 e. The number of nitrogens with zero attached hydrogens (tertiary/aromatic N) is 1. The largest absolute Gasteiger partial charge is 0.457 e. The molecular formula is C17H16BrNO. The van der Waals surface area contributed by atoms with Gasteiger partial charge in [0.25, 0.3) is 0 Å². The molecule has 102 valence electrons. The van der Waals surface area contributed by atoms with Crippen molar-refractivity contribution in [1.82, 2.24) is 0 Å². The average Bonchev–Trinajstić information content (AvgIpc) is 2.38. The van der Waals surface area contributed by atoms with Crippen LogP contribution in [0.1, 0.15) is 31.9 Å². The number of nitriles is 1. The molecule has 0 N–H and O–H groups in total. The van der Waals surface area contributed by atoms with Crippen LogP contribution in [0.15, 0.2) is 46.9 Å². The summed E-state index contributed by atoms with van der Waals surface area (Å²) in [6.45, 7) is 6.54. The lowest BCUT2D eigenvalue weighted by Crippen LogP contribution is -2.10. The molecule has 0 saturated carbocycles. The van der Waals surface area contributed by atoms with Crippen LogP contribution in [0.2, 0.25) is 0 Å². The summed E-state index contributed by atoms with van der Waals surface area (Å²) in [6, 6.07) is 15.5. The summed E-state index contributed by atoms with van der Waals surface area (Å²) in [5.74, 6) is 1.49. The number of benzene rings is 2. The normalized spacial score (nSPS) is 10.9. The van der Waals surface area contributed by atoms with Crippen LogP contribution in [0.5, 0.6) is 11.5 Å². The van der Waals surface area contributed by atoms with E-state index in [4.69, 9.17) is 10.00 Å². The fourth-order valence-electron chi connectivity index (χ4n) is 1.81. The molecule has 0 aliphatic rings. The molecule has 0 amide bonds.